The van der Waals surface area contributed by atoms with Gasteiger partial charge in [0.05, 0.1) is 0 Å². The van der Waals surface area contributed by atoms with E-state index in [1.165, 1.54) is 63.6 Å². The van der Waals surface area contributed by atoms with Crippen molar-refractivity contribution in [3.63, 3.8) is 0 Å². The molecule has 0 amide bonds. The fraction of sp³-hybridized carbons (Fsp3) is 0.667. The lowest BCUT2D eigenvalue weighted by Crippen LogP contribution is -2.51. The van der Waals surface area contributed by atoms with Crippen LogP contribution in [0, 0.1) is 5.41 Å². The molecule has 1 saturated carbocycles. The van der Waals surface area contributed by atoms with E-state index in [9.17, 15) is 0 Å². The Morgan fingerprint density at radius 1 is 0.950 bits per heavy atom. The highest BCUT2D eigenvalue weighted by molar-refractivity contribution is 5.18. The van der Waals surface area contributed by atoms with E-state index in [4.69, 9.17) is 0 Å². The molecule has 0 aromatic heterocycles. The van der Waals surface area contributed by atoms with E-state index < -0.39 is 0 Å². The van der Waals surface area contributed by atoms with Crippen LogP contribution in [0.1, 0.15) is 44.1 Å². The first-order valence-electron chi connectivity index (χ1n) is 8.20. The number of hydrogen-bond acceptors (Lipinski definition) is 2. The Balaban J connectivity index is 1.66. The number of likely N-dealkylation sites (N-methyl/N-ethyl adjacent to an activating group) is 1. The van der Waals surface area contributed by atoms with Gasteiger partial charge in [0.2, 0.25) is 0 Å². The molecule has 2 aliphatic rings. The second-order valence-corrected chi connectivity index (χ2v) is 6.94. The maximum absolute atomic E-state index is 3.67. The molecule has 2 nitrogen and oxygen atoms in total. The first kappa shape index (κ1) is 14.1. The van der Waals surface area contributed by atoms with E-state index in [0.29, 0.717) is 11.0 Å². The summed E-state index contributed by atoms with van der Waals surface area (Å²) >= 11 is 0. The molecule has 20 heavy (non-hydrogen) atoms. The molecule has 0 atom stereocenters. The molecule has 1 aliphatic heterocycles. The third kappa shape index (κ3) is 2.91. The molecule has 2 N–H and O–H groups in total. The molecule has 1 heterocycles. The molecule has 1 aromatic rings. The monoisotopic (exact) mass is 272 g/mol. The van der Waals surface area contributed by atoms with Crippen molar-refractivity contribution < 1.29 is 0 Å². The topological polar surface area (TPSA) is 24.1 Å². The van der Waals surface area contributed by atoms with E-state index in [1.807, 2.05) is 0 Å². The Bertz CT molecular complexity index is 410. The minimum Gasteiger partial charge on any atom is -0.317 e. The summed E-state index contributed by atoms with van der Waals surface area (Å²) in [6.07, 6.45) is 9.43. The normalized spacial score (nSPS) is 24.6. The highest BCUT2D eigenvalue weighted by Crippen LogP contribution is 2.47. The standard InChI is InChI=1S/C18H28N2/c1-19-18(15-16-5-3-2-4-6-16)9-7-17(8-10-18)11-13-20-14-12-17/h2-6,19-20H,7-15H2,1H3. The number of nitrogens with one attached hydrogen (secondary N) is 2. The molecule has 1 saturated heterocycles. The molecule has 0 radical (unpaired) electrons. The highest BCUT2D eigenvalue weighted by Gasteiger charge is 2.42. The predicted octanol–water partition coefficient (Wildman–Crippen LogP) is 3.13. The van der Waals surface area contributed by atoms with Crippen molar-refractivity contribution in [2.75, 3.05) is 20.1 Å². The number of rotatable bonds is 3. The molecule has 1 aromatic carbocycles. The summed E-state index contributed by atoms with van der Waals surface area (Å²) in [5, 5.41) is 7.19. The van der Waals surface area contributed by atoms with Crippen LogP contribution in [0.3, 0.4) is 0 Å². The SMILES string of the molecule is CNC1(Cc2ccccc2)CCC2(CCNCC2)CC1. The third-order valence-corrected chi connectivity index (χ3v) is 5.85. The fourth-order valence-corrected chi connectivity index (χ4v) is 4.22. The molecular weight excluding hydrogens is 244 g/mol. The summed E-state index contributed by atoms with van der Waals surface area (Å²) in [6.45, 7) is 2.45. The van der Waals surface area contributed by atoms with E-state index in [0.717, 1.165) is 0 Å². The minimum atomic E-state index is 0.331. The Kier molecular flexibility index (Phi) is 4.13. The van der Waals surface area contributed by atoms with Crippen molar-refractivity contribution in [2.45, 2.75) is 50.5 Å². The quantitative estimate of drug-likeness (QED) is 0.883. The zero-order valence-corrected chi connectivity index (χ0v) is 12.8. The van der Waals surface area contributed by atoms with Crippen molar-refractivity contribution in [3.05, 3.63) is 35.9 Å². The Labute approximate surface area is 123 Å². The summed E-state index contributed by atoms with van der Waals surface area (Å²) in [7, 11) is 2.16. The first-order chi connectivity index (χ1) is 9.76. The van der Waals surface area contributed by atoms with Crippen molar-refractivity contribution in [2.24, 2.45) is 5.41 Å². The van der Waals surface area contributed by atoms with Crippen LogP contribution in [-0.2, 0) is 6.42 Å². The molecule has 1 spiro atoms. The fourth-order valence-electron chi connectivity index (χ4n) is 4.22. The zero-order chi connectivity index (χ0) is 13.9. The van der Waals surface area contributed by atoms with Gasteiger partial charge in [-0.3, -0.25) is 0 Å². The maximum atomic E-state index is 3.67. The first-order valence-corrected chi connectivity index (χ1v) is 8.20. The van der Waals surface area contributed by atoms with E-state index in [-0.39, 0.29) is 0 Å². The molecule has 110 valence electrons. The highest BCUT2D eigenvalue weighted by atomic mass is 14.9. The predicted molar refractivity (Wildman–Crippen MR) is 84.9 cm³/mol. The lowest BCUT2D eigenvalue weighted by Gasteiger charge is -2.48. The van der Waals surface area contributed by atoms with Gasteiger partial charge in [-0.25, -0.2) is 0 Å². The van der Waals surface area contributed by atoms with E-state index in [1.54, 1.807) is 0 Å². The van der Waals surface area contributed by atoms with Crippen LogP contribution in [0.25, 0.3) is 0 Å². The van der Waals surface area contributed by atoms with Crippen LogP contribution >= 0.6 is 0 Å². The van der Waals surface area contributed by atoms with Crippen molar-refractivity contribution in [3.8, 4) is 0 Å². The number of piperidine rings is 1. The van der Waals surface area contributed by atoms with Crippen LogP contribution in [0.15, 0.2) is 30.3 Å². The van der Waals surface area contributed by atoms with Crippen molar-refractivity contribution in [1.29, 1.82) is 0 Å². The van der Waals surface area contributed by atoms with Gasteiger partial charge in [-0.1, -0.05) is 30.3 Å². The second kappa shape index (κ2) is 5.87. The zero-order valence-electron chi connectivity index (χ0n) is 12.8. The van der Waals surface area contributed by atoms with Gasteiger partial charge in [0.25, 0.3) is 0 Å². The molecule has 2 heteroatoms. The van der Waals surface area contributed by atoms with Gasteiger partial charge in [-0.15, -0.1) is 0 Å². The minimum absolute atomic E-state index is 0.331. The lowest BCUT2D eigenvalue weighted by atomic mass is 9.62. The Morgan fingerprint density at radius 2 is 1.60 bits per heavy atom. The Hall–Kier alpha value is -0.860. The number of hydrogen-bond donors (Lipinski definition) is 2. The largest absolute Gasteiger partial charge is 0.317 e. The van der Waals surface area contributed by atoms with Gasteiger partial charge in [-0.2, -0.15) is 0 Å². The van der Waals surface area contributed by atoms with Gasteiger partial charge in [0.1, 0.15) is 0 Å². The van der Waals surface area contributed by atoms with Gasteiger partial charge in [-0.05, 0) is 76.1 Å². The van der Waals surface area contributed by atoms with Crippen molar-refractivity contribution in [1.82, 2.24) is 10.6 Å². The Morgan fingerprint density at radius 3 is 2.20 bits per heavy atom. The molecule has 2 fully saturated rings. The summed E-state index contributed by atoms with van der Waals surface area (Å²) in [5.41, 5.74) is 2.46. The van der Waals surface area contributed by atoms with Crippen LogP contribution in [0.2, 0.25) is 0 Å². The van der Waals surface area contributed by atoms with Gasteiger partial charge in [0.15, 0.2) is 0 Å². The second-order valence-electron chi connectivity index (χ2n) is 6.94. The van der Waals surface area contributed by atoms with Crippen LogP contribution < -0.4 is 10.6 Å². The average Bonchev–Trinajstić information content (AvgIpc) is 2.52. The molecular formula is C18H28N2. The van der Waals surface area contributed by atoms with Crippen molar-refractivity contribution >= 4 is 0 Å². The van der Waals surface area contributed by atoms with Gasteiger partial charge < -0.3 is 10.6 Å². The van der Waals surface area contributed by atoms with E-state index in [2.05, 4.69) is 48.0 Å². The number of benzene rings is 1. The van der Waals surface area contributed by atoms with Gasteiger partial charge in [0, 0.05) is 5.54 Å². The van der Waals surface area contributed by atoms with Crippen LogP contribution in [0.5, 0.6) is 0 Å². The molecule has 0 bridgehead atoms. The van der Waals surface area contributed by atoms with Gasteiger partial charge >= 0.3 is 0 Å². The molecule has 1 aliphatic carbocycles. The third-order valence-electron chi connectivity index (χ3n) is 5.85. The average molecular weight is 272 g/mol. The summed E-state index contributed by atoms with van der Waals surface area (Å²) in [6, 6.07) is 11.0. The summed E-state index contributed by atoms with van der Waals surface area (Å²) < 4.78 is 0. The smallest absolute Gasteiger partial charge is 0.0219 e. The molecule has 3 rings (SSSR count). The lowest BCUT2D eigenvalue weighted by molar-refractivity contribution is 0.0782. The van der Waals surface area contributed by atoms with Crippen LogP contribution in [-0.4, -0.2) is 25.7 Å². The van der Waals surface area contributed by atoms with E-state index >= 15 is 0 Å². The maximum Gasteiger partial charge on any atom is 0.0219 e. The summed E-state index contributed by atoms with van der Waals surface area (Å²) in [5.74, 6) is 0. The molecule has 0 unspecified atom stereocenters. The summed E-state index contributed by atoms with van der Waals surface area (Å²) in [4.78, 5) is 0. The van der Waals surface area contributed by atoms with Crippen LogP contribution in [0.4, 0.5) is 0 Å².